The third-order valence-electron chi connectivity index (χ3n) is 16.5. The first-order chi connectivity index (χ1) is 40.1. The Morgan fingerprint density at radius 3 is 2.09 bits per heavy atom. The Kier molecular flexibility index (Phi) is 18.6. The molecule has 5 aromatic rings. The number of allylic oxidation sites excluding steroid dienone is 24. The molecular formula is C78H80N4. The van der Waals surface area contributed by atoms with E-state index in [0.717, 1.165) is 60.4 Å². The van der Waals surface area contributed by atoms with Gasteiger partial charge in [0.1, 0.15) is 0 Å². The molecule has 0 saturated heterocycles. The van der Waals surface area contributed by atoms with Crippen LogP contribution in [-0.4, -0.2) is 23.0 Å². The molecule has 0 amide bonds. The lowest BCUT2D eigenvalue weighted by Crippen LogP contribution is -2.38. The van der Waals surface area contributed by atoms with Gasteiger partial charge in [-0.05, 0) is 183 Å². The van der Waals surface area contributed by atoms with Crippen molar-refractivity contribution in [2.75, 3.05) is 14.7 Å². The molecule has 2 aliphatic heterocycles. The van der Waals surface area contributed by atoms with E-state index < -0.39 is 0 Å². The van der Waals surface area contributed by atoms with Crippen LogP contribution in [0.15, 0.2) is 331 Å². The molecule has 2 heterocycles. The summed E-state index contributed by atoms with van der Waals surface area (Å²) in [5.74, 6) is 0.611. The quantitative estimate of drug-likeness (QED) is 0.0913. The van der Waals surface area contributed by atoms with Gasteiger partial charge in [0.2, 0.25) is 0 Å². The normalized spacial score (nSPS) is 22.0. The predicted octanol–water partition coefficient (Wildman–Crippen LogP) is 20.2. The van der Waals surface area contributed by atoms with Crippen LogP contribution in [0.5, 0.6) is 0 Å². The second kappa shape index (κ2) is 27.1. The summed E-state index contributed by atoms with van der Waals surface area (Å²) >= 11 is 0. The van der Waals surface area contributed by atoms with Gasteiger partial charge >= 0.3 is 0 Å². The third kappa shape index (κ3) is 13.3. The average molecular weight is 1070 g/mol. The number of para-hydroxylation sites is 1. The highest BCUT2D eigenvalue weighted by Crippen LogP contribution is 2.40. The summed E-state index contributed by atoms with van der Waals surface area (Å²) in [5.41, 5.74) is 19.3. The van der Waals surface area contributed by atoms with Crippen molar-refractivity contribution >= 4 is 17.1 Å². The van der Waals surface area contributed by atoms with Gasteiger partial charge in [-0.25, -0.2) is 0 Å². The lowest BCUT2D eigenvalue weighted by molar-refractivity contribution is 0.314. The number of fused-ring (bicyclic) bond motifs is 2. The van der Waals surface area contributed by atoms with E-state index in [1.165, 1.54) is 61.8 Å². The molecule has 82 heavy (non-hydrogen) atoms. The molecule has 0 radical (unpaired) electrons. The minimum atomic E-state index is 0.0268. The average Bonchev–Trinajstić information content (AvgIpc) is 4.08. The van der Waals surface area contributed by atoms with Crippen LogP contribution in [0.25, 0.3) is 22.3 Å². The van der Waals surface area contributed by atoms with Crippen molar-refractivity contribution in [1.29, 1.82) is 0 Å². The highest BCUT2D eigenvalue weighted by Gasteiger charge is 2.32. The SMILES string of the molecule is C=C1C/C=C\C=C/C(CC)N(c2ccccc2)/C1=C/C=C/N(C1=CC=C(/C(C)=C/C=C(\C)N(c2cccc(-c3ccccc3)c2)C(C)/C=C\C2=C(C)C3C=CC=CC(C3)N2C2=CC=CCC=C2)CC1C)c1cccc(-c2ccccc2)c1. The number of benzene rings is 5. The summed E-state index contributed by atoms with van der Waals surface area (Å²) in [5, 5.41) is 0. The van der Waals surface area contributed by atoms with E-state index in [0.29, 0.717) is 5.92 Å². The van der Waals surface area contributed by atoms with Crippen LogP contribution in [0.2, 0.25) is 0 Å². The Hall–Kier alpha value is -8.86. The van der Waals surface area contributed by atoms with Gasteiger partial charge in [-0.15, -0.1) is 0 Å². The predicted molar refractivity (Wildman–Crippen MR) is 353 cm³/mol. The molecule has 5 atom stereocenters. The number of nitrogens with zero attached hydrogens (tertiary/aromatic N) is 4. The summed E-state index contributed by atoms with van der Waals surface area (Å²) in [6, 6.07) is 50.6. The maximum Gasteiger partial charge on any atom is 0.0534 e. The number of hydrogen-bond donors (Lipinski definition) is 0. The van der Waals surface area contributed by atoms with E-state index in [4.69, 9.17) is 0 Å². The van der Waals surface area contributed by atoms with Crippen LogP contribution in [-0.2, 0) is 0 Å². The van der Waals surface area contributed by atoms with E-state index in [9.17, 15) is 0 Å². The van der Waals surface area contributed by atoms with Crippen LogP contribution < -0.4 is 14.7 Å². The van der Waals surface area contributed by atoms with Gasteiger partial charge in [0.15, 0.2) is 0 Å². The van der Waals surface area contributed by atoms with Crippen molar-refractivity contribution in [2.24, 2.45) is 11.8 Å². The van der Waals surface area contributed by atoms with Gasteiger partial charge < -0.3 is 19.6 Å². The molecule has 0 saturated carbocycles. The number of anilines is 3. The summed E-state index contributed by atoms with van der Waals surface area (Å²) in [6.45, 7) is 18.5. The zero-order valence-electron chi connectivity index (χ0n) is 48.9. The molecule has 5 aliphatic rings. The third-order valence-corrected chi connectivity index (χ3v) is 16.5. The van der Waals surface area contributed by atoms with Gasteiger partial charge in [0, 0.05) is 69.6 Å². The van der Waals surface area contributed by atoms with Gasteiger partial charge in [0.05, 0.1) is 12.1 Å². The number of hydrogen-bond acceptors (Lipinski definition) is 4. The fourth-order valence-corrected chi connectivity index (χ4v) is 12.1. The monoisotopic (exact) mass is 1070 g/mol. The minimum Gasteiger partial charge on any atom is -0.339 e. The zero-order valence-corrected chi connectivity index (χ0v) is 48.9. The van der Waals surface area contributed by atoms with Crippen molar-refractivity contribution < 1.29 is 0 Å². The van der Waals surface area contributed by atoms with Crippen LogP contribution in [0, 0.1) is 11.8 Å². The lowest BCUT2D eigenvalue weighted by Gasteiger charge is -2.41. The fraction of sp³-hybridized carbons (Fsp3) is 0.205. The molecule has 5 unspecified atom stereocenters. The van der Waals surface area contributed by atoms with E-state index in [-0.39, 0.29) is 24.0 Å². The first-order valence-electron chi connectivity index (χ1n) is 29.6. The van der Waals surface area contributed by atoms with Crippen molar-refractivity contribution in [2.45, 2.75) is 91.8 Å². The molecule has 412 valence electrons. The second-order valence-corrected chi connectivity index (χ2v) is 22.2. The first-order valence-corrected chi connectivity index (χ1v) is 29.6. The molecule has 0 aromatic heterocycles. The second-order valence-electron chi connectivity index (χ2n) is 22.2. The Morgan fingerprint density at radius 2 is 1.37 bits per heavy atom. The molecule has 0 fully saturated rings. The summed E-state index contributed by atoms with van der Waals surface area (Å²) < 4.78 is 0. The van der Waals surface area contributed by atoms with Crippen molar-refractivity contribution in [3.8, 4) is 22.3 Å². The molecular weight excluding hydrogens is 993 g/mol. The summed E-state index contributed by atoms with van der Waals surface area (Å²) in [6.07, 6.45) is 54.9. The Morgan fingerprint density at radius 1 is 0.695 bits per heavy atom. The van der Waals surface area contributed by atoms with E-state index in [1.54, 1.807) is 0 Å². The van der Waals surface area contributed by atoms with Crippen molar-refractivity contribution in [1.82, 2.24) is 4.90 Å². The topological polar surface area (TPSA) is 13.0 Å². The largest absolute Gasteiger partial charge is 0.339 e. The zero-order chi connectivity index (χ0) is 56.8. The lowest BCUT2D eigenvalue weighted by atomic mass is 9.86. The fourth-order valence-electron chi connectivity index (χ4n) is 12.1. The molecule has 4 nitrogen and oxygen atoms in total. The minimum absolute atomic E-state index is 0.0268. The van der Waals surface area contributed by atoms with Gasteiger partial charge in [-0.3, -0.25) is 0 Å². The molecule has 2 bridgehead atoms. The van der Waals surface area contributed by atoms with E-state index >= 15 is 0 Å². The highest BCUT2D eigenvalue weighted by molar-refractivity contribution is 5.72. The Labute approximate surface area is 490 Å². The summed E-state index contributed by atoms with van der Waals surface area (Å²) in [4.78, 5) is 9.91. The standard InChI is InChI=1S/C78H80N4/c1-8-70-38-22-11-15-30-59(3)77(81(70)71-41-23-14-24-42-71)46-29-53-79(73-44-27-36-68(56-73)64-31-16-12-17-32-64)76-52-50-66(54-60(76)4)58(2)47-48-61(5)80(74-45-28-37-69(57-74)65-33-18-13-19-34-65)62(6)49-51-78-63(7)67-35-25-26-43-75(55-67)82(78)72-39-20-9-10-21-40-72/h9,11-29,31-53,56-57,60,62,67,70,75H,3,8,10,30,54-55H2,1-2,4-7H3/b15-11-,38-22-,51-49-,53-29+,58-47+,61-48+,77-46+. The molecule has 3 aliphatic carbocycles. The van der Waals surface area contributed by atoms with Gasteiger partial charge in [-0.1, -0.05) is 209 Å². The van der Waals surface area contributed by atoms with Crippen molar-refractivity contribution in [3.05, 3.63) is 331 Å². The van der Waals surface area contributed by atoms with E-state index in [1.807, 2.05) is 0 Å². The smallest absolute Gasteiger partial charge is 0.0534 e. The number of rotatable bonds is 16. The highest BCUT2D eigenvalue weighted by atomic mass is 15.2. The first kappa shape index (κ1) is 56.4. The molecule has 4 heteroatoms. The van der Waals surface area contributed by atoms with Crippen LogP contribution in [0.1, 0.15) is 73.6 Å². The van der Waals surface area contributed by atoms with Crippen LogP contribution >= 0.6 is 0 Å². The maximum absolute atomic E-state index is 4.66. The van der Waals surface area contributed by atoms with E-state index in [2.05, 4.69) is 341 Å². The maximum atomic E-state index is 4.66. The molecule has 5 aromatic carbocycles. The van der Waals surface area contributed by atoms with Crippen LogP contribution in [0.4, 0.5) is 17.1 Å². The molecule has 0 N–H and O–H groups in total. The summed E-state index contributed by atoms with van der Waals surface area (Å²) in [7, 11) is 0. The Balaban J connectivity index is 0.996. The molecule has 0 spiro atoms. The Bertz CT molecular complexity index is 3560. The van der Waals surface area contributed by atoms with Gasteiger partial charge in [-0.2, -0.15) is 0 Å². The van der Waals surface area contributed by atoms with Gasteiger partial charge in [0.25, 0.3) is 0 Å². The van der Waals surface area contributed by atoms with Crippen LogP contribution in [0.3, 0.4) is 0 Å². The molecule has 10 rings (SSSR count). The van der Waals surface area contributed by atoms with Crippen molar-refractivity contribution in [3.63, 3.8) is 0 Å².